The Morgan fingerprint density at radius 2 is 0.785 bits per heavy atom. The van der Waals surface area contributed by atoms with Crippen molar-refractivity contribution in [1.82, 2.24) is 10.6 Å². The molecule has 360 valence electrons. The van der Waals surface area contributed by atoms with Crippen molar-refractivity contribution in [2.24, 2.45) is 0 Å². The molecule has 0 amide bonds. The Bertz CT molecular complexity index is 1810. The third kappa shape index (κ3) is 22.7. The molecule has 2 unspecified atom stereocenters. The molecule has 0 aliphatic rings. The number of rotatable bonds is 38. The lowest BCUT2D eigenvalue weighted by Crippen LogP contribution is -2.22. The second-order valence-electron chi connectivity index (χ2n) is 16.8. The zero-order valence-corrected chi connectivity index (χ0v) is 38.6. The second kappa shape index (κ2) is 33.3. The molecule has 2 atom stereocenters. The van der Waals surface area contributed by atoms with Crippen LogP contribution in [0, 0.1) is 0 Å². The molecular weight excluding hydrogens is 825 g/mol. The van der Waals surface area contributed by atoms with Gasteiger partial charge in [0.1, 0.15) is 23.0 Å². The Labute approximate surface area is 388 Å². The van der Waals surface area contributed by atoms with E-state index in [0.29, 0.717) is 35.3 Å². The summed E-state index contributed by atoms with van der Waals surface area (Å²) >= 11 is 0. The molecule has 65 heavy (non-hydrogen) atoms. The molecule has 0 radical (unpaired) electrons. The first-order valence-electron chi connectivity index (χ1n) is 24.1. The van der Waals surface area contributed by atoms with Crippen LogP contribution in [0.25, 0.3) is 0 Å². The fourth-order valence-electron chi connectivity index (χ4n) is 7.43. The molecular formula is C53H78N2O10. The number of unbranched alkanes of at least 4 members (excludes halogenated alkanes) is 8. The number of ether oxygens (including phenoxy) is 4. The van der Waals surface area contributed by atoms with Crippen molar-refractivity contribution < 1.29 is 49.6 Å². The summed E-state index contributed by atoms with van der Waals surface area (Å²) in [7, 11) is 0. The van der Waals surface area contributed by atoms with Crippen molar-refractivity contribution in [2.75, 3.05) is 65.8 Å². The van der Waals surface area contributed by atoms with E-state index in [1.807, 2.05) is 0 Å². The normalized spacial score (nSPS) is 12.4. The lowest BCUT2D eigenvalue weighted by Gasteiger charge is -2.14. The highest BCUT2D eigenvalue weighted by Crippen LogP contribution is 2.24. The van der Waals surface area contributed by atoms with Gasteiger partial charge in [0.25, 0.3) is 0 Å². The highest BCUT2D eigenvalue weighted by atomic mass is 16.5. The van der Waals surface area contributed by atoms with Crippen LogP contribution in [-0.4, -0.2) is 96.5 Å². The number of phenols is 2. The predicted molar refractivity (Wildman–Crippen MR) is 257 cm³/mol. The number of aliphatic hydroxyl groups is 4. The van der Waals surface area contributed by atoms with Gasteiger partial charge in [0.2, 0.25) is 0 Å². The molecule has 0 saturated heterocycles. The van der Waals surface area contributed by atoms with E-state index in [1.54, 1.807) is 24.3 Å². The van der Waals surface area contributed by atoms with E-state index in [2.05, 4.69) is 59.2 Å². The molecule has 0 heterocycles. The zero-order valence-electron chi connectivity index (χ0n) is 38.6. The molecule has 4 aromatic rings. The minimum Gasteiger partial charge on any atom is -0.508 e. The van der Waals surface area contributed by atoms with Gasteiger partial charge in [0.15, 0.2) is 0 Å². The molecule has 0 bridgehead atoms. The average molecular weight is 903 g/mol. The molecule has 0 spiro atoms. The quantitative estimate of drug-likeness (QED) is 0.0202. The first-order chi connectivity index (χ1) is 31.9. The Morgan fingerprint density at radius 3 is 1.20 bits per heavy atom. The van der Waals surface area contributed by atoms with Gasteiger partial charge in [-0.05, 0) is 167 Å². The topological polar surface area (TPSA) is 182 Å². The van der Waals surface area contributed by atoms with E-state index >= 15 is 0 Å². The number of aromatic hydroxyl groups is 2. The van der Waals surface area contributed by atoms with Crippen molar-refractivity contribution >= 4 is 0 Å². The van der Waals surface area contributed by atoms with Crippen molar-refractivity contribution in [1.29, 1.82) is 0 Å². The first-order valence-corrected chi connectivity index (χ1v) is 24.1. The van der Waals surface area contributed by atoms with Gasteiger partial charge in [-0.25, -0.2) is 0 Å². The van der Waals surface area contributed by atoms with Gasteiger partial charge in [-0.1, -0.05) is 49.2 Å². The summed E-state index contributed by atoms with van der Waals surface area (Å²) in [6.07, 6.45) is 14.3. The zero-order chi connectivity index (χ0) is 46.2. The number of nitrogens with one attached hydrogen (secondary N) is 2. The summed E-state index contributed by atoms with van der Waals surface area (Å²) in [6, 6.07) is 26.5. The Morgan fingerprint density at radius 1 is 0.415 bits per heavy atom. The van der Waals surface area contributed by atoms with Crippen LogP contribution < -0.4 is 20.1 Å². The van der Waals surface area contributed by atoms with E-state index < -0.39 is 12.2 Å². The maximum atomic E-state index is 10.4. The summed E-state index contributed by atoms with van der Waals surface area (Å²) in [4.78, 5) is 0. The molecule has 12 heteroatoms. The van der Waals surface area contributed by atoms with Gasteiger partial charge in [-0.15, -0.1) is 0 Å². The number of hydrogen-bond donors (Lipinski definition) is 8. The number of hydrogen-bond acceptors (Lipinski definition) is 12. The third-order valence-electron chi connectivity index (χ3n) is 11.5. The first kappa shape index (κ1) is 53.4. The van der Waals surface area contributed by atoms with Crippen molar-refractivity contribution in [3.05, 3.63) is 118 Å². The summed E-state index contributed by atoms with van der Waals surface area (Å²) in [6.45, 7) is 6.48. The van der Waals surface area contributed by atoms with Gasteiger partial charge in [-0.3, -0.25) is 0 Å². The van der Waals surface area contributed by atoms with Gasteiger partial charge in [0, 0.05) is 50.6 Å². The Kier molecular flexibility index (Phi) is 27.3. The fourth-order valence-corrected chi connectivity index (χ4v) is 7.43. The van der Waals surface area contributed by atoms with E-state index in [-0.39, 0.29) is 24.7 Å². The maximum absolute atomic E-state index is 10.4. The van der Waals surface area contributed by atoms with Crippen LogP contribution >= 0.6 is 0 Å². The summed E-state index contributed by atoms with van der Waals surface area (Å²) in [5, 5.41) is 65.2. The van der Waals surface area contributed by atoms with Crippen molar-refractivity contribution in [2.45, 2.75) is 122 Å². The number of benzene rings is 4. The van der Waals surface area contributed by atoms with Crippen LogP contribution in [0.1, 0.15) is 129 Å². The van der Waals surface area contributed by atoms with Gasteiger partial charge >= 0.3 is 0 Å². The van der Waals surface area contributed by atoms with Crippen LogP contribution in [0.4, 0.5) is 0 Å². The van der Waals surface area contributed by atoms with Gasteiger partial charge < -0.3 is 60.2 Å². The minimum atomic E-state index is -0.684. The molecule has 0 fully saturated rings. The highest BCUT2D eigenvalue weighted by Gasteiger charge is 2.11. The van der Waals surface area contributed by atoms with Crippen LogP contribution in [0.3, 0.4) is 0 Å². The highest BCUT2D eigenvalue weighted by molar-refractivity contribution is 5.37. The summed E-state index contributed by atoms with van der Waals surface area (Å²) in [5.74, 6) is 1.92. The van der Waals surface area contributed by atoms with Crippen LogP contribution in [0.5, 0.6) is 23.0 Å². The van der Waals surface area contributed by atoms with Crippen molar-refractivity contribution in [3.8, 4) is 23.0 Å². The van der Waals surface area contributed by atoms with E-state index in [1.165, 1.54) is 23.3 Å². The van der Waals surface area contributed by atoms with Crippen LogP contribution in [-0.2, 0) is 35.5 Å². The van der Waals surface area contributed by atoms with E-state index in [0.717, 1.165) is 161 Å². The lowest BCUT2D eigenvalue weighted by atomic mass is 10.1. The van der Waals surface area contributed by atoms with E-state index in [9.17, 15) is 30.6 Å². The monoisotopic (exact) mass is 903 g/mol. The number of aliphatic hydroxyl groups excluding tert-OH is 4. The molecule has 0 aliphatic carbocycles. The molecule has 0 saturated carbocycles. The smallest absolute Gasteiger partial charge is 0.121 e. The molecule has 8 N–H and O–H groups in total. The summed E-state index contributed by atoms with van der Waals surface area (Å²) in [5.41, 5.74) is 4.79. The van der Waals surface area contributed by atoms with Crippen LogP contribution in [0.15, 0.2) is 84.9 Å². The third-order valence-corrected chi connectivity index (χ3v) is 11.5. The molecule has 12 nitrogen and oxygen atoms in total. The Balaban J connectivity index is 0.869. The van der Waals surface area contributed by atoms with Crippen molar-refractivity contribution in [3.63, 3.8) is 0 Å². The van der Waals surface area contributed by atoms with Gasteiger partial charge in [0.05, 0.1) is 38.6 Å². The lowest BCUT2D eigenvalue weighted by molar-refractivity contribution is 0.127. The average Bonchev–Trinajstić information content (AvgIpc) is 3.32. The minimum absolute atomic E-state index is 0.0379. The van der Waals surface area contributed by atoms with Crippen LogP contribution in [0.2, 0.25) is 0 Å². The Hall–Kier alpha value is -4.24. The second-order valence-corrected chi connectivity index (χ2v) is 16.8. The largest absolute Gasteiger partial charge is 0.508 e. The van der Waals surface area contributed by atoms with Gasteiger partial charge in [-0.2, -0.15) is 0 Å². The molecule has 0 aromatic heterocycles. The molecule has 4 rings (SSSR count). The predicted octanol–water partition coefficient (Wildman–Crippen LogP) is 8.38. The van der Waals surface area contributed by atoms with E-state index in [4.69, 9.17) is 18.9 Å². The SMILES string of the molecule is OCc1cc(C(O)CNCCCCCCOCCCc2ccc(OCCCCCCOc3ccc(CCCOCCCCCNCC(O)c4ccc(O)c(CO)c4)cc3)cc2)ccc1O. The maximum Gasteiger partial charge on any atom is 0.121 e. The molecule has 0 aliphatic heterocycles. The fraction of sp³-hybridized carbons (Fsp3) is 0.547. The summed E-state index contributed by atoms with van der Waals surface area (Å²) < 4.78 is 23.7. The molecule has 4 aromatic carbocycles. The standard InChI is InChI=1S/C53H78N2O10/c56-40-46-36-44(20-26-50(46)58)52(60)38-54-28-6-1-2-8-30-62-32-12-14-42-16-22-48(23-17-42)64-34-10-3-4-11-35-65-49-24-18-43(19-25-49)15-13-33-63-31-9-5-7-29-55-39-53(61)45-21-27-51(59)47(37-45)41-57/h16-27,36-37,52-61H,1-15,28-35,38-41H2. The number of aryl methyl sites for hydroxylation is 2.